The molecule has 0 unspecified atom stereocenters. The molecule has 0 saturated carbocycles. The highest BCUT2D eigenvalue weighted by Crippen LogP contribution is 2.32. The molecule has 30 heavy (non-hydrogen) atoms. The molecular formula is C23H31ClN4O2. The number of carbonyl (C=O) groups is 2. The third kappa shape index (κ3) is 4.94. The zero-order valence-electron chi connectivity index (χ0n) is 17.6. The molecule has 1 heterocycles. The molecule has 2 aromatic carbocycles. The van der Waals surface area contributed by atoms with Crippen molar-refractivity contribution >= 4 is 35.7 Å². The minimum atomic E-state index is -0.483. The van der Waals surface area contributed by atoms with E-state index in [1.807, 2.05) is 67.3 Å². The van der Waals surface area contributed by atoms with Crippen LogP contribution >= 0.6 is 12.4 Å². The first kappa shape index (κ1) is 23.7. The Morgan fingerprint density at radius 2 is 1.73 bits per heavy atom. The highest BCUT2D eigenvalue weighted by molar-refractivity contribution is 6.00. The van der Waals surface area contributed by atoms with E-state index in [4.69, 9.17) is 5.73 Å². The fourth-order valence-electron chi connectivity index (χ4n) is 3.97. The molecule has 1 aliphatic rings. The van der Waals surface area contributed by atoms with Crippen LogP contribution in [0, 0.1) is 5.41 Å². The molecule has 3 amide bonds. The first-order valence-electron chi connectivity index (χ1n) is 10.3. The lowest BCUT2D eigenvalue weighted by Crippen LogP contribution is -2.49. The molecule has 2 aromatic rings. The maximum Gasteiger partial charge on any atom is 0.323 e. The molecule has 3 rings (SSSR count). The lowest BCUT2D eigenvalue weighted by atomic mass is 9.80. The number of fused-ring (bicyclic) bond motifs is 1. The Bertz CT molecular complexity index is 860. The van der Waals surface area contributed by atoms with Crippen LogP contribution in [0.25, 0.3) is 0 Å². The number of nitrogens with one attached hydrogen (secondary N) is 2. The van der Waals surface area contributed by atoms with Gasteiger partial charge in [0.25, 0.3) is 0 Å². The number of para-hydroxylation sites is 1. The highest BCUT2D eigenvalue weighted by atomic mass is 35.5. The van der Waals surface area contributed by atoms with Crippen molar-refractivity contribution in [1.82, 2.24) is 4.90 Å². The van der Waals surface area contributed by atoms with Crippen LogP contribution in [0.4, 0.5) is 16.2 Å². The predicted molar refractivity (Wildman–Crippen MR) is 124 cm³/mol. The molecule has 162 valence electrons. The first-order chi connectivity index (χ1) is 14.0. The second-order valence-electron chi connectivity index (χ2n) is 7.56. The standard InChI is InChI=1S/C23H30N4O2.ClH/c1-3-23(4-2,16-24)21(28)27-14-13-19-17(15-27)9-8-12-20(19)26-22(29)25-18-10-6-5-7-11-18;/h5-12H,3-4,13-16,24H2,1-2H3,(H2,25,26,29);1H. The van der Waals surface area contributed by atoms with E-state index < -0.39 is 5.41 Å². The van der Waals surface area contributed by atoms with E-state index in [-0.39, 0.29) is 24.3 Å². The van der Waals surface area contributed by atoms with Crippen LogP contribution in [0.5, 0.6) is 0 Å². The molecule has 0 atom stereocenters. The summed E-state index contributed by atoms with van der Waals surface area (Å²) < 4.78 is 0. The number of urea groups is 1. The fourth-order valence-corrected chi connectivity index (χ4v) is 3.97. The number of halogens is 1. The van der Waals surface area contributed by atoms with Gasteiger partial charge in [0.1, 0.15) is 0 Å². The molecule has 1 aliphatic heterocycles. The van der Waals surface area contributed by atoms with Crippen molar-refractivity contribution in [1.29, 1.82) is 0 Å². The predicted octanol–water partition coefficient (Wildman–Crippen LogP) is 4.40. The molecule has 0 saturated heterocycles. The molecule has 0 radical (unpaired) electrons. The molecular weight excluding hydrogens is 400 g/mol. The molecule has 0 aliphatic carbocycles. The molecule has 0 aromatic heterocycles. The van der Waals surface area contributed by atoms with Gasteiger partial charge in [-0.05, 0) is 48.6 Å². The fraction of sp³-hybridized carbons (Fsp3) is 0.391. The van der Waals surface area contributed by atoms with Crippen molar-refractivity contribution in [3.63, 3.8) is 0 Å². The van der Waals surface area contributed by atoms with Crippen molar-refractivity contribution in [3.8, 4) is 0 Å². The summed E-state index contributed by atoms with van der Waals surface area (Å²) in [5.41, 5.74) is 9.18. The summed E-state index contributed by atoms with van der Waals surface area (Å²) >= 11 is 0. The lowest BCUT2D eigenvalue weighted by Gasteiger charge is -2.38. The Hall–Kier alpha value is -2.57. The normalized spacial score (nSPS) is 13.1. The maximum atomic E-state index is 13.2. The number of nitrogens with zero attached hydrogens (tertiary/aromatic N) is 1. The average Bonchev–Trinajstić information content (AvgIpc) is 2.75. The van der Waals surface area contributed by atoms with E-state index in [0.717, 1.165) is 35.3 Å². The first-order valence-corrected chi connectivity index (χ1v) is 10.3. The topological polar surface area (TPSA) is 87.5 Å². The summed E-state index contributed by atoms with van der Waals surface area (Å²) in [5, 5.41) is 5.79. The second-order valence-corrected chi connectivity index (χ2v) is 7.56. The largest absolute Gasteiger partial charge is 0.338 e. The molecule has 0 fully saturated rings. The Morgan fingerprint density at radius 1 is 1.03 bits per heavy atom. The van der Waals surface area contributed by atoms with Crippen LogP contribution in [0.2, 0.25) is 0 Å². The lowest BCUT2D eigenvalue weighted by molar-refractivity contribution is -0.143. The van der Waals surface area contributed by atoms with Crippen molar-refractivity contribution in [2.75, 3.05) is 23.7 Å². The Kier molecular flexibility index (Phi) is 8.26. The highest BCUT2D eigenvalue weighted by Gasteiger charge is 2.38. The summed E-state index contributed by atoms with van der Waals surface area (Å²) in [6.45, 7) is 5.60. The minimum absolute atomic E-state index is 0. The van der Waals surface area contributed by atoms with Gasteiger partial charge in [0.05, 0.1) is 5.41 Å². The Balaban J connectivity index is 0.00000320. The monoisotopic (exact) mass is 430 g/mol. The SMILES string of the molecule is CCC(CC)(CN)C(=O)N1CCc2c(cccc2NC(=O)Nc2ccccc2)C1.Cl. The van der Waals surface area contributed by atoms with Gasteiger partial charge in [-0.3, -0.25) is 4.79 Å². The van der Waals surface area contributed by atoms with Gasteiger partial charge in [-0.25, -0.2) is 4.79 Å². The third-order valence-electron chi connectivity index (χ3n) is 6.03. The summed E-state index contributed by atoms with van der Waals surface area (Å²) in [6.07, 6.45) is 2.18. The van der Waals surface area contributed by atoms with Crippen molar-refractivity contribution in [2.24, 2.45) is 11.1 Å². The Morgan fingerprint density at radius 3 is 2.37 bits per heavy atom. The molecule has 7 heteroatoms. The number of benzene rings is 2. The third-order valence-corrected chi connectivity index (χ3v) is 6.03. The van der Waals surface area contributed by atoms with Crippen LogP contribution in [-0.2, 0) is 17.8 Å². The van der Waals surface area contributed by atoms with Crippen LogP contribution in [-0.4, -0.2) is 29.9 Å². The number of hydrogen-bond donors (Lipinski definition) is 3. The maximum absolute atomic E-state index is 13.2. The van der Waals surface area contributed by atoms with Gasteiger partial charge in [0.2, 0.25) is 5.91 Å². The van der Waals surface area contributed by atoms with E-state index in [1.54, 1.807) is 0 Å². The smallest absolute Gasteiger partial charge is 0.323 e. The van der Waals surface area contributed by atoms with Gasteiger partial charge < -0.3 is 21.3 Å². The number of hydrogen-bond acceptors (Lipinski definition) is 3. The van der Waals surface area contributed by atoms with E-state index >= 15 is 0 Å². The number of amides is 3. The van der Waals surface area contributed by atoms with E-state index in [1.165, 1.54) is 0 Å². The quantitative estimate of drug-likeness (QED) is 0.634. The number of rotatable bonds is 6. The zero-order chi connectivity index (χ0) is 20.9. The van der Waals surface area contributed by atoms with E-state index in [9.17, 15) is 9.59 Å². The van der Waals surface area contributed by atoms with Crippen LogP contribution in [0.3, 0.4) is 0 Å². The number of carbonyl (C=O) groups excluding carboxylic acids is 2. The van der Waals surface area contributed by atoms with Crippen LogP contribution in [0.1, 0.15) is 37.8 Å². The van der Waals surface area contributed by atoms with Gasteiger partial charge in [-0.2, -0.15) is 0 Å². The summed E-state index contributed by atoms with van der Waals surface area (Å²) in [7, 11) is 0. The van der Waals surface area contributed by atoms with Gasteiger partial charge >= 0.3 is 6.03 Å². The van der Waals surface area contributed by atoms with Crippen molar-refractivity contribution in [3.05, 3.63) is 59.7 Å². The van der Waals surface area contributed by atoms with Gasteiger partial charge in [-0.15, -0.1) is 12.4 Å². The van der Waals surface area contributed by atoms with Crippen molar-refractivity contribution < 1.29 is 9.59 Å². The summed E-state index contributed by atoms with van der Waals surface area (Å²) in [4.78, 5) is 27.5. The van der Waals surface area contributed by atoms with E-state index in [2.05, 4.69) is 10.6 Å². The van der Waals surface area contributed by atoms with Gasteiger partial charge in [0.15, 0.2) is 0 Å². The molecule has 6 nitrogen and oxygen atoms in total. The summed E-state index contributed by atoms with van der Waals surface area (Å²) in [5.74, 6) is 0.135. The Labute approximate surface area is 184 Å². The van der Waals surface area contributed by atoms with Crippen LogP contribution in [0.15, 0.2) is 48.5 Å². The van der Waals surface area contributed by atoms with Crippen molar-refractivity contribution in [2.45, 2.75) is 39.7 Å². The zero-order valence-corrected chi connectivity index (χ0v) is 18.4. The molecule has 0 spiro atoms. The minimum Gasteiger partial charge on any atom is -0.338 e. The molecule has 0 bridgehead atoms. The molecule has 4 N–H and O–H groups in total. The number of anilines is 2. The number of nitrogens with two attached hydrogens (primary N) is 1. The van der Waals surface area contributed by atoms with E-state index in [0.29, 0.717) is 26.1 Å². The van der Waals surface area contributed by atoms with Crippen LogP contribution < -0.4 is 16.4 Å². The van der Waals surface area contributed by atoms with Gasteiger partial charge in [0, 0.05) is 31.0 Å². The second kappa shape index (κ2) is 10.5. The average molecular weight is 431 g/mol. The summed E-state index contributed by atoms with van der Waals surface area (Å²) in [6, 6.07) is 14.9. The van der Waals surface area contributed by atoms with Gasteiger partial charge in [-0.1, -0.05) is 44.2 Å².